The first-order valence-electron chi connectivity index (χ1n) is 10.5. The van der Waals surface area contributed by atoms with Crippen LogP contribution in [0.4, 0.5) is 13.2 Å². The van der Waals surface area contributed by atoms with Gasteiger partial charge in [0.05, 0.1) is 11.1 Å². The van der Waals surface area contributed by atoms with Crippen molar-refractivity contribution >= 4 is 5.91 Å². The summed E-state index contributed by atoms with van der Waals surface area (Å²) in [7, 11) is 1.95. The lowest BCUT2D eigenvalue weighted by Crippen LogP contribution is -2.56. The van der Waals surface area contributed by atoms with E-state index in [0.717, 1.165) is 5.56 Å². The van der Waals surface area contributed by atoms with Gasteiger partial charge >= 0.3 is 6.18 Å². The van der Waals surface area contributed by atoms with E-state index in [0.29, 0.717) is 50.3 Å². The van der Waals surface area contributed by atoms with E-state index in [1.807, 2.05) is 7.05 Å². The van der Waals surface area contributed by atoms with Gasteiger partial charge in [-0.25, -0.2) is 0 Å². The van der Waals surface area contributed by atoms with Crippen LogP contribution in [0.3, 0.4) is 0 Å². The lowest BCUT2D eigenvalue weighted by atomic mass is 9.81. The number of carbonyl (C=O) groups excluding carboxylic acids is 1. The Labute approximate surface area is 180 Å². The SMILES string of the molecule is CN1CCn2c(C(F)(F)F)ccc2C12CCN(C(=O)c1ccc(C(C)(C)O)cc1)CC2. The van der Waals surface area contributed by atoms with E-state index in [1.54, 1.807) is 49.1 Å². The van der Waals surface area contributed by atoms with E-state index in [2.05, 4.69) is 4.90 Å². The fourth-order valence-corrected chi connectivity index (χ4v) is 4.94. The molecule has 3 heterocycles. The van der Waals surface area contributed by atoms with E-state index in [1.165, 1.54) is 10.6 Å². The molecule has 31 heavy (non-hydrogen) atoms. The molecule has 0 radical (unpaired) electrons. The molecule has 1 aromatic carbocycles. The van der Waals surface area contributed by atoms with E-state index < -0.39 is 23.0 Å². The first kappa shape index (κ1) is 21.9. The molecule has 2 aliphatic heterocycles. The molecule has 1 fully saturated rings. The van der Waals surface area contributed by atoms with Gasteiger partial charge in [0.1, 0.15) is 5.69 Å². The van der Waals surface area contributed by atoms with Crippen LogP contribution in [0.15, 0.2) is 36.4 Å². The molecule has 1 N–H and O–H groups in total. The van der Waals surface area contributed by atoms with Gasteiger partial charge in [0, 0.05) is 37.4 Å². The number of aliphatic hydroxyl groups is 1. The standard InChI is InChI=1S/C23H28F3N3O2/c1-21(2,31)17-6-4-16(5-7-17)20(30)28-12-10-22(11-13-28)18-8-9-19(23(24,25)26)29(18)15-14-27(22)3/h4-9,31H,10-15H2,1-3H3. The molecule has 8 heteroatoms. The zero-order valence-corrected chi connectivity index (χ0v) is 18.0. The molecule has 1 saturated heterocycles. The van der Waals surface area contributed by atoms with Crippen LogP contribution in [0.5, 0.6) is 0 Å². The number of carbonyl (C=O) groups is 1. The predicted molar refractivity (Wildman–Crippen MR) is 111 cm³/mol. The van der Waals surface area contributed by atoms with Crippen LogP contribution >= 0.6 is 0 Å². The number of hydrogen-bond donors (Lipinski definition) is 1. The molecule has 0 aliphatic carbocycles. The maximum absolute atomic E-state index is 13.4. The Hall–Kier alpha value is -2.32. The topological polar surface area (TPSA) is 48.7 Å². The molecule has 0 saturated carbocycles. The second kappa shape index (κ2) is 7.38. The molecule has 4 rings (SSSR count). The monoisotopic (exact) mass is 435 g/mol. The third-order valence-electron chi connectivity index (χ3n) is 6.85. The average Bonchev–Trinajstić information content (AvgIpc) is 3.16. The number of amides is 1. The Morgan fingerprint density at radius 3 is 2.13 bits per heavy atom. The Kier molecular flexibility index (Phi) is 5.21. The van der Waals surface area contributed by atoms with Crippen LogP contribution in [-0.4, -0.2) is 52.1 Å². The molecular weight excluding hydrogens is 407 g/mol. The third-order valence-corrected chi connectivity index (χ3v) is 6.85. The smallest absolute Gasteiger partial charge is 0.386 e. The highest BCUT2D eigenvalue weighted by molar-refractivity contribution is 5.94. The number of likely N-dealkylation sites (tertiary alicyclic amines) is 1. The van der Waals surface area contributed by atoms with Gasteiger partial charge < -0.3 is 14.6 Å². The summed E-state index contributed by atoms with van der Waals surface area (Å²) in [4.78, 5) is 16.9. The Morgan fingerprint density at radius 1 is 0.968 bits per heavy atom. The Balaban J connectivity index is 1.53. The summed E-state index contributed by atoms with van der Waals surface area (Å²) in [6, 6.07) is 9.71. The maximum Gasteiger partial charge on any atom is 0.431 e. The summed E-state index contributed by atoms with van der Waals surface area (Å²) in [5.41, 5.74) is -0.107. The lowest BCUT2D eigenvalue weighted by molar-refractivity contribution is -0.144. The van der Waals surface area contributed by atoms with E-state index in [-0.39, 0.29) is 5.91 Å². The number of piperidine rings is 1. The summed E-state index contributed by atoms with van der Waals surface area (Å²) in [6.45, 7) is 5.18. The van der Waals surface area contributed by atoms with Crippen molar-refractivity contribution in [3.8, 4) is 0 Å². The van der Waals surface area contributed by atoms with Gasteiger partial charge in [-0.3, -0.25) is 9.69 Å². The molecular formula is C23H28F3N3O2. The van der Waals surface area contributed by atoms with Crippen molar-refractivity contribution < 1.29 is 23.1 Å². The molecule has 0 unspecified atom stereocenters. The predicted octanol–water partition coefficient (Wildman–Crippen LogP) is 3.81. The molecule has 5 nitrogen and oxygen atoms in total. The normalized spacial score (nSPS) is 19.5. The minimum absolute atomic E-state index is 0.0954. The van der Waals surface area contributed by atoms with Gasteiger partial charge in [0.15, 0.2) is 0 Å². The number of likely N-dealkylation sites (N-methyl/N-ethyl adjacent to an activating group) is 1. The fourth-order valence-electron chi connectivity index (χ4n) is 4.94. The number of benzene rings is 1. The van der Waals surface area contributed by atoms with E-state index in [4.69, 9.17) is 0 Å². The van der Waals surface area contributed by atoms with Crippen LogP contribution in [0.2, 0.25) is 0 Å². The minimum Gasteiger partial charge on any atom is -0.386 e. The van der Waals surface area contributed by atoms with Gasteiger partial charge in [0.2, 0.25) is 0 Å². The van der Waals surface area contributed by atoms with Gasteiger partial charge in [-0.1, -0.05) is 12.1 Å². The average molecular weight is 435 g/mol. The maximum atomic E-state index is 13.4. The van der Waals surface area contributed by atoms with Gasteiger partial charge in [-0.2, -0.15) is 13.2 Å². The highest BCUT2D eigenvalue weighted by Gasteiger charge is 2.47. The van der Waals surface area contributed by atoms with Crippen LogP contribution in [0.1, 0.15) is 54.0 Å². The number of nitrogens with zero attached hydrogens (tertiary/aromatic N) is 3. The molecule has 1 aromatic heterocycles. The largest absolute Gasteiger partial charge is 0.431 e. The summed E-state index contributed by atoms with van der Waals surface area (Å²) >= 11 is 0. The Morgan fingerprint density at radius 2 is 1.58 bits per heavy atom. The van der Waals surface area contributed by atoms with Crippen LogP contribution in [-0.2, 0) is 23.9 Å². The number of aromatic nitrogens is 1. The highest BCUT2D eigenvalue weighted by atomic mass is 19.4. The lowest BCUT2D eigenvalue weighted by Gasteiger charge is -2.50. The highest BCUT2D eigenvalue weighted by Crippen LogP contribution is 2.44. The molecule has 168 valence electrons. The number of fused-ring (bicyclic) bond motifs is 2. The third kappa shape index (κ3) is 3.76. The first-order valence-corrected chi connectivity index (χ1v) is 10.5. The fraction of sp³-hybridized carbons (Fsp3) is 0.522. The van der Waals surface area contributed by atoms with Crippen LogP contribution in [0.25, 0.3) is 0 Å². The molecule has 1 spiro atoms. The zero-order chi connectivity index (χ0) is 22.6. The number of hydrogen-bond acceptors (Lipinski definition) is 3. The number of halogens is 3. The number of alkyl halides is 3. The molecule has 0 bridgehead atoms. The van der Waals surface area contributed by atoms with Gasteiger partial charge in [-0.05, 0) is 63.6 Å². The van der Waals surface area contributed by atoms with E-state index >= 15 is 0 Å². The zero-order valence-electron chi connectivity index (χ0n) is 18.0. The quantitative estimate of drug-likeness (QED) is 0.781. The first-order chi connectivity index (χ1) is 14.4. The number of rotatable bonds is 2. The minimum atomic E-state index is -4.37. The van der Waals surface area contributed by atoms with Crippen molar-refractivity contribution in [1.29, 1.82) is 0 Å². The molecule has 0 atom stereocenters. The van der Waals surface area contributed by atoms with Crippen molar-refractivity contribution in [2.24, 2.45) is 0 Å². The van der Waals surface area contributed by atoms with Crippen molar-refractivity contribution in [3.05, 3.63) is 58.9 Å². The van der Waals surface area contributed by atoms with Crippen LogP contribution in [0, 0.1) is 0 Å². The second-order valence-electron chi connectivity index (χ2n) is 9.13. The summed E-state index contributed by atoms with van der Waals surface area (Å²) < 4.78 is 41.7. The second-order valence-corrected chi connectivity index (χ2v) is 9.13. The summed E-state index contributed by atoms with van der Waals surface area (Å²) in [5.74, 6) is -0.0954. The molecule has 1 amide bonds. The van der Waals surface area contributed by atoms with Crippen molar-refractivity contribution in [2.75, 3.05) is 26.7 Å². The van der Waals surface area contributed by atoms with Gasteiger partial charge in [-0.15, -0.1) is 0 Å². The summed E-state index contributed by atoms with van der Waals surface area (Å²) in [6.07, 6.45) is -3.21. The summed E-state index contributed by atoms with van der Waals surface area (Å²) in [5, 5.41) is 10.1. The molecule has 2 aromatic rings. The van der Waals surface area contributed by atoms with Gasteiger partial charge in [0.25, 0.3) is 5.91 Å². The van der Waals surface area contributed by atoms with Crippen LogP contribution < -0.4 is 0 Å². The Bertz CT molecular complexity index is 965. The van der Waals surface area contributed by atoms with Crippen molar-refractivity contribution in [3.63, 3.8) is 0 Å². The van der Waals surface area contributed by atoms with Crippen molar-refractivity contribution in [1.82, 2.24) is 14.4 Å². The molecule has 2 aliphatic rings. The van der Waals surface area contributed by atoms with Crippen molar-refractivity contribution in [2.45, 2.75) is 50.6 Å². The van der Waals surface area contributed by atoms with E-state index in [9.17, 15) is 23.1 Å².